The Morgan fingerprint density at radius 2 is 1.89 bits per heavy atom. The standard InChI is InChI=1S/C14H25NO3/c1-14(2,13(17)18)9-10-15-12(16)8-7-11-5-3-4-6-11/h11H,3-10H2,1-2H3,(H,15,16)(H,17,18). The van der Waals surface area contributed by atoms with E-state index >= 15 is 0 Å². The number of carboxylic acid groups (broad SMARTS) is 1. The molecular weight excluding hydrogens is 230 g/mol. The molecule has 0 aromatic heterocycles. The van der Waals surface area contributed by atoms with Crippen molar-refractivity contribution in [2.24, 2.45) is 11.3 Å². The Hall–Kier alpha value is -1.06. The van der Waals surface area contributed by atoms with Crippen LogP contribution in [0.2, 0.25) is 0 Å². The predicted molar refractivity (Wildman–Crippen MR) is 70.2 cm³/mol. The molecule has 0 atom stereocenters. The molecule has 0 aromatic rings. The lowest BCUT2D eigenvalue weighted by atomic mass is 9.89. The van der Waals surface area contributed by atoms with Crippen LogP contribution in [-0.4, -0.2) is 23.5 Å². The van der Waals surface area contributed by atoms with Crippen molar-refractivity contribution in [2.75, 3.05) is 6.54 Å². The Bertz CT molecular complexity index is 293. The van der Waals surface area contributed by atoms with Crippen molar-refractivity contribution in [1.82, 2.24) is 5.32 Å². The fourth-order valence-corrected chi connectivity index (χ4v) is 2.34. The summed E-state index contributed by atoms with van der Waals surface area (Å²) in [5.74, 6) is -0.0306. The second-order valence-corrected chi connectivity index (χ2v) is 5.98. The van der Waals surface area contributed by atoms with Gasteiger partial charge < -0.3 is 10.4 Å². The minimum Gasteiger partial charge on any atom is -0.481 e. The summed E-state index contributed by atoms with van der Waals surface area (Å²) in [7, 11) is 0. The Morgan fingerprint density at radius 3 is 2.44 bits per heavy atom. The molecule has 0 aliphatic heterocycles. The Labute approximate surface area is 109 Å². The SMILES string of the molecule is CC(C)(CCNC(=O)CCC1CCCC1)C(=O)O. The third-order valence-corrected chi connectivity index (χ3v) is 3.91. The number of hydrogen-bond donors (Lipinski definition) is 2. The van der Waals surface area contributed by atoms with Gasteiger partial charge in [0.15, 0.2) is 0 Å². The second-order valence-electron chi connectivity index (χ2n) is 5.98. The van der Waals surface area contributed by atoms with Crippen LogP contribution in [0, 0.1) is 11.3 Å². The summed E-state index contributed by atoms with van der Waals surface area (Å²) in [6.07, 6.45) is 7.17. The van der Waals surface area contributed by atoms with Crippen molar-refractivity contribution >= 4 is 11.9 Å². The summed E-state index contributed by atoms with van der Waals surface area (Å²) in [5.41, 5.74) is -0.765. The maximum absolute atomic E-state index is 11.6. The zero-order valence-corrected chi connectivity index (χ0v) is 11.5. The van der Waals surface area contributed by atoms with Crippen molar-refractivity contribution in [1.29, 1.82) is 0 Å². The van der Waals surface area contributed by atoms with Gasteiger partial charge in [0.05, 0.1) is 5.41 Å². The molecule has 2 N–H and O–H groups in total. The van der Waals surface area contributed by atoms with Crippen LogP contribution in [0.15, 0.2) is 0 Å². The van der Waals surface area contributed by atoms with Crippen molar-refractivity contribution in [2.45, 2.75) is 58.8 Å². The van der Waals surface area contributed by atoms with E-state index in [9.17, 15) is 9.59 Å². The minimum atomic E-state index is -0.817. The van der Waals surface area contributed by atoms with Gasteiger partial charge in [-0.1, -0.05) is 25.7 Å². The molecule has 0 bridgehead atoms. The van der Waals surface area contributed by atoms with Gasteiger partial charge in [0.1, 0.15) is 0 Å². The minimum absolute atomic E-state index is 0.0584. The molecule has 0 heterocycles. The predicted octanol–water partition coefficient (Wildman–Crippen LogP) is 2.57. The summed E-state index contributed by atoms with van der Waals surface area (Å²) in [6, 6.07) is 0. The largest absolute Gasteiger partial charge is 0.481 e. The first kappa shape index (κ1) is 15.0. The zero-order valence-electron chi connectivity index (χ0n) is 11.5. The highest BCUT2D eigenvalue weighted by molar-refractivity contribution is 5.76. The molecule has 4 heteroatoms. The molecule has 1 fully saturated rings. The van der Waals surface area contributed by atoms with Gasteiger partial charge in [-0.25, -0.2) is 0 Å². The molecule has 1 saturated carbocycles. The zero-order chi connectivity index (χ0) is 13.6. The normalized spacial score (nSPS) is 16.8. The number of aliphatic carboxylic acids is 1. The molecule has 4 nitrogen and oxygen atoms in total. The molecule has 1 aliphatic rings. The third kappa shape index (κ3) is 5.07. The first-order chi connectivity index (χ1) is 8.42. The molecule has 0 radical (unpaired) electrons. The van der Waals surface area contributed by atoms with Crippen LogP contribution < -0.4 is 5.32 Å². The molecule has 0 aromatic carbocycles. The van der Waals surface area contributed by atoms with Gasteiger partial charge in [0.2, 0.25) is 5.91 Å². The van der Waals surface area contributed by atoms with E-state index in [0.717, 1.165) is 12.3 Å². The molecule has 1 rings (SSSR count). The van der Waals surface area contributed by atoms with Gasteiger partial charge in [-0.3, -0.25) is 9.59 Å². The highest BCUT2D eigenvalue weighted by Crippen LogP contribution is 2.28. The van der Waals surface area contributed by atoms with E-state index in [-0.39, 0.29) is 5.91 Å². The third-order valence-electron chi connectivity index (χ3n) is 3.91. The van der Waals surface area contributed by atoms with Gasteiger partial charge in [0.25, 0.3) is 0 Å². The molecule has 0 saturated heterocycles. The first-order valence-electron chi connectivity index (χ1n) is 6.92. The smallest absolute Gasteiger partial charge is 0.309 e. The van der Waals surface area contributed by atoms with Crippen LogP contribution in [0.25, 0.3) is 0 Å². The fourth-order valence-electron chi connectivity index (χ4n) is 2.34. The molecule has 0 unspecified atom stereocenters. The Morgan fingerprint density at radius 1 is 1.28 bits per heavy atom. The number of amides is 1. The van der Waals surface area contributed by atoms with Crippen molar-refractivity contribution in [3.63, 3.8) is 0 Å². The van der Waals surface area contributed by atoms with Crippen LogP contribution in [0.3, 0.4) is 0 Å². The van der Waals surface area contributed by atoms with Crippen molar-refractivity contribution < 1.29 is 14.7 Å². The van der Waals surface area contributed by atoms with Crippen LogP contribution >= 0.6 is 0 Å². The fraction of sp³-hybridized carbons (Fsp3) is 0.857. The molecule has 1 aliphatic carbocycles. The van der Waals surface area contributed by atoms with E-state index in [4.69, 9.17) is 5.11 Å². The number of carbonyl (C=O) groups excluding carboxylic acids is 1. The first-order valence-corrected chi connectivity index (χ1v) is 6.92. The number of nitrogens with one attached hydrogen (secondary N) is 1. The van der Waals surface area contributed by atoms with Gasteiger partial charge in [-0.15, -0.1) is 0 Å². The average molecular weight is 255 g/mol. The van der Waals surface area contributed by atoms with Crippen molar-refractivity contribution in [3.8, 4) is 0 Å². The highest BCUT2D eigenvalue weighted by Gasteiger charge is 2.26. The van der Waals surface area contributed by atoms with Gasteiger partial charge in [0, 0.05) is 13.0 Å². The maximum Gasteiger partial charge on any atom is 0.309 e. The number of carbonyl (C=O) groups is 2. The van der Waals surface area contributed by atoms with E-state index < -0.39 is 11.4 Å². The summed E-state index contributed by atoms with van der Waals surface area (Å²) in [6.45, 7) is 3.81. The summed E-state index contributed by atoms with van der Waals surface area (Å²) < 4.78 is 0. The van der Waals surface area contributed by atoms with E-state index in [1.807, 2.05) is 0 Å². The lowest BCUT2D eigenvalue weighted by Gasteiger charge is -2.19. The Balaban J connectivity index is 2.11. The van der Waals surface area contributed by atoms with Gasteiger partial charge in [-0.2, -0.15) is 0 Å². The van der Waals surface area contributed by atoms with Crippen LogP contribution in [0.5, 0.6) is 0 Å². The van der Waals surface area contributed by atoms with E-state index in [1.165, 1.54) is 25.7 Å². The highest BCUT2D eigenvalue weighted by atomic mass is 16.4. The van der Waals surface area contributed by atoms with Crippen LogP contribution in [0.4, 0.5) is 0 Å². The molecule has 104 valence electrons. The van der Waals surface area contributed by atoms with Gasteiger partial charge in [-0.05, 0) is 32.6 Å². The number of carboxylic acids is 1. The number of hydrogen-bond acceptors (Lipinski definition) is 2. The van der Waals surface area contributed by atoms with E-state index in [2.05, 4.69) is 5.32 Å². The monoisotopic (exact) mass is 255 g/mol. The molecule has 0 spiro atoms. The summed E-state index contributed by atoms with van der Waals surface area (Å²) in [4.78, 5) is 22.5. The molecule has 1 amide bonds. The van der Waals surface area contributed by atoms with E-state index in [1.54, 1.807) is 13.8 Å². The van der Waals surface area contributed by atoms with Crippen LogP contribution in [-0.2, 0) is 9.59 Å². The molecular formula is C14H25NO3. The maximum atomic E-state index is 11.6. The second kappa shape index (κ2) is 6.76. The summed E-state index contributed by atoms with van der Waals surface area (Å²) in [5, 5.41) is 11.8. The Kier molecular flexibility index (Phi) is 5.63. The van der Waals surface area contributed by atoms with Crippen LogP contribution in [0.1, 0.15) is 58.8 Å². The number of rotatable bonds is 7. The summed E-state index contributed by atoms with van der Waals surface area (Å²) >= 11 is 0. The quantitative estimate of drug-likeness (QED) is 0.734. The molecule has 18 heavy (non-hydrogen) atoms. The average Bonchev–Trinajstić information content (AvgIpc) is 2.78. The topological polar surface area (TPSA) is 66.4 Å². The van der Waals surface area contributed by atoms with E-state index in [0.29, 0.717) is 19.4 Å². The lowest BCUT2D eigenvalue weighted by molar-refractivity contribution is -0.147. The lowest BCUT2D eigenvalue weighted by Crippen LogP contribution is -2.32. The van der Waals surface area contributed by atoms with Crippen molar-refractivity contribution in [3.05, 3.63) is 0 Å². The van der Waals surface area contributed by atoms with Gasteiger partial charge >= 0.3 is 5.97 Å².